The summed E-state index contributed by atoms with van der Waals surface area (Å²) in [6.07, 6.45) is 14.0. The van der Waals surface area contributed by atoms with E-state index in [0.29, 0.717) is 0 Å². The molecule has 0 unspecified atom stereocenters. The Morgan fingerprint density at radius 3 is 2.64 bits per heavy atom. The Morgan fingerprint density at radius 2 is 2.05 bits per heavy atom. The molecule has 0 aliphatic rings. The molecule has 22 heavy (non-hydrogen) atoms. The van der Waals surface area contributed by atoms with Crippen molar-refractivity contribution in [3.8, 4) is 0 Å². The Bertz CT molecular complexity index is 606. The highest BCUT2D eigenvalue weighted by Crippen LogP contribution is 2.30. The van der Waals surface area contributed by atoms with Gasteiger partial charge in [-0.2, -0.15) is 0 Å². The maximum Gasteiger partial charge on any atom is 0.108 e. The van der Waals surface area contributed by atoms with E-state index in [4.69, 9.17) is 4.98 Å². The predicted octanol–water partition coefficient (Wildman–Crippen LogP) is 6.36. The van der Waals surface area contributed by atoms with Crippen molar-refractivity contribution in [3.05, 3.63) is 77.4 Å². The highest BCUT2D eigenvalue weighted by Gasteiger charge is 2.06. The van der Waals surface area contributed by atoms with Gasteiger partial charge in [0.2, 0.25) is 0 Å². The number of aromatic nitrogens is 1. The Morgan fingerprint density at radius 1 is 1.27 bits per heavy atom. The van der Waals surface area contributed by atoms with Crippen LogP contribution in [0.1, 0.15) is 38.4 Å². The van der Waals surface area contributed by atoms with Crippen LogP contribution in [-0.2, 0) is 6.42 Å². The maximum absolute atomic E-state index is 4.81. The third-order valence-electron chi connectivity index (χ3n) is 3.09. The summed E-state index contributed by atoms with van der Waals surface area (Å²) in [7, 11) is 0. The molecular formula is C20H25NS. The molecule has 1 aromatic rings. The second kappa shape index (κ2) is 10.0. The Balaban J connectivity index is 3.02. The van der Waals surface area contributed by atoms with Crippen LogP contribution in [0.25, 0.3) is 6.08 Å². The fourth-order valence-electron chi connectivity index (χ4n) is 1.93. The lowest BCUT2D eigenvalue weighted by atomic mass is 10.1. The minimum Gasteiger partial charge on any atom is -0.245 e. The molecule has 116 valence electrons. The molecular weight excluding hydrogens is 286 g/mol. The fourth-order valence-corrected chi connectivity index (χ4v) is 2.91. The maximum atomic E-state index is 4.81. The van der Waals surface area contributed by atoms with Gasteiger partial charge in [0.1, 0.15) is 5.03 Å². The molecule has 0 spiro atoms. The lowest BCUT2D eigenvalue weighted by molar-refractivity contribution is 0.973. The Labute approximate surface area is 139 Å². The molecule has 0 saturated heterocycles. The lowest BCUT2D eigenvalue weighted by Gasteiger charge is -2.09. The van der Waals surface area contributed by atoms with E-state index in [-0.39, 0.29) is 0 Å². The van der Waals surface area contributed by atoms with Crippen LogP contribution in [0.5, 0.6) is 0 Å². The lowest BCUT2D eigenvalue weighted by Crippen LogP contribution is -1.95. The molecule has 0 amide bonds. The van der Waals surface area contributed by atoms with E-state index < -0.39 is 0 Å². The van der Waals surface area contributed by atoms with Gasteiger partial charge in [0.15, 0.2) is 0 Å². The number of hydrogen-bond acceptors (Lipinski definition) is 2. The van der Waals surface area contributed by atoms with Crippen LogP contribution in [0, 0.1) is 0 Å². The van der Waals surface area contributed by atoms with Crippen molar-refractivity contribution in [2.75, 3.05) is 0 Å². The van der Waals surface area contributed by atoms with Gasteiger partial charge >= 0.3 is 0 Å². The highest BCUT2D eigenvalue weighted by molar-refractivity contribution is 8.03. The molecule has 1 rings (SSSR count). The normalized spacial score (nSPS) is 12.7. The molecule has 1 heterocycles. The first-order valence-electron chi connectivity index (χ1n) is 7.50. The molecule has 1 aromatic heterocycles. The number of rotatable bonds is 8. The highest BCUT2D eigenvalue weighted by atomic mass is 32.2. The van der Waals surface area contributed by atoms with E-state index in [2.05, 4.69) is 50.4 Å². The third-order valence-corrected chi connectivity index (χ3v) is 4.22. The van der Waals surface area contributed by atoms with Crippen LogP contribution in [0.4, 0.5) is 0 Å². The average molecular weight is 311 g/mol. The van der Waals surface area contributed by atoms with Crippen LogP contribution in [-0.4, -0.2) is 4.98 Å². The molecule has 0 radical (unpaired) electrons. The molecule has 0 N–H and O–H groups in total. The van der Waals surface area contributed by atoms with Crippen molar-refractivity contribution in [2.24, 2.45) is 0 Å². The zero-order valence-electron chi connectivity index (χ0n) is 13.8. The van der Waals surface area contributed by atoms with Gasteiger partial charge in [-0.15, -0.1) is 6.58 Å². The summed E-state index contributed by atoms with van der Waals surface area (Å²) in [5.74, 6) is 0. The molecule has 0 bridgehead atoms. The topological polar surface area (TPSA) is 12.9 Å². The van der Waals surface area contributed by atoms with Gasteiger partial charge in [-0.25, -0.2) is 4.98 Å². The summed E-state index contributed by atoms with van der Waals surface area (Å²) >= 11 is 1.68. The van der Waals surface area contributed by atoms with Gasteiger partial charge in [-0.3, -0.25) is 0 Å². The van der Waals surface area contributed by atoms with Crippen molar-refractivity contribution in [1.82, 2.24) is 4.98 Å². The fraction of sp³-hybridized carbons (Fsp3) is 0.250. The summed E-state index contributed by atoms with van der Waals surface area (Å²) in [5, 5.41) is 1.01. The molecule has 0 saturated carbocycles. The number of allylic oxidation sites excluding steroid dienone is 6. The van der Waals surface area contributed by atoms with Crippen LogP contribution < -0.4 is 0 Å². The SMILES string of the molecule is C=CC/C=C(\C)Cc1ccc(C=C)c(SC(/C=C\C)=C/C)n1. The van der Waals surface area contributed by atoms with E-state index in [0.717, 1.165) is 29.1 Å². The van der Waals surface area contributed by atoms with Crippen molar-refractivity contribution in [3.63, 3.8) is 0 Å². The van der Waals surface area contributed by atoms with E-state index in [9.17, 15) is 0 Å². The Kier molecular flexibility index (Phi) is 8.31. The monoisotopic (exact) mass is 311 g/mol. The molecule has 0 aromatic carbocycles. The van der Waals surface area contributed by atoms with Gasteiger partial charge < -0.3 is 0 Å². The van der Waals surface area contributed by atoms with E-state index >= 15 is 0 Å². The zero-order valence-corrected chi connectivity index (χ0v) is 14.6. The first-order valence-corrected chi connectivity index (χ1v) is 8.32. The van der Waals surface area contributed by atoms with Gasteiger partial charge in [0, 0.05) is 22.6 Å². The predicted molar refractivity (Wildman–Crippen MR) is 101 cm³/mol. The van der Waals surface area contributed by atoms with Crippen LogP contribution in [0.15, 0.2) is 71.2 Å². The number of hydrogen-bond donors (Lipinski definition) is 0. The third kappa shape index (κ3) is 5.90. The first-order chi connectivity index (χ1) is 10.6. The summed E-state index contributed by atoms with van der Waals surface area (Å²) in [6.45, 7) is 13.8. The second-order valence-corrected chi connectivity index (χ2v) is 6.01. The van der Waals surface area contributed by atoms with Crippen molar-refractivity contribution < 1.29 is 0 Å². The van der Waals surface area contributed by atoms with Gasteiger partial charge in [-0.1, -0.05) is 66.4 Å². The zero-order chi connectivity index (χ0) is 16.4. The van der Waals surface area contributed by atoms with E-state index in [1.807, 2.05) is 32.1 Å². The van der Waals surface area contributed by atoms with Crippen molar-refractivity contribution >= 4 is 17.8 Å². The summed E-state index contributed by atoms with van der Waals surface area (Å²) in [6, 6.07) is 4.18. The van der Waals surface area contributed by atoms with Crippen LogP contribution in [0.3, 0.4) is 0 Å². The largest absolute Gasteiger partial charge is 0.245 e. The minimum atomic E-state index is 0.869. The van der Waals surface area contributed by atoms with Crippen molar-refractivity contribution in [2.45, 2.75) is 38.6 Å². The van der Waals surface area contributed by atoms with Gasteiger partial charge in [0.25, 0.3) is 0 Å². The van der Waals surface area contributed by atoms with E-state index in [1.54, 1.807) is 11.8 Å². The van der Waals surface area contributed by atoms with Crippen molar-refractivity contribution in [1.29, 1.82) is 0 Å². The summed E-state index contributed by atoms with van der Waals surface area (Å²) in [4.78, 5) is 6.00. The van der Waals surface area contributed by atoms with E-state index in [1.165, 1.54) is 10.5 Å². The molecule has 0 atom stereocenters. The molecule has 0 aliphatic carbocycles. The molecule has 0 aliphatic heterocycles. The standard InChI is InChI=1S/C20H25NS/c1-6-10-12-16(5)15-18-14-13-17(8-3)20(21-18)22-19(9-4)11-7-2/h6-9,11-14H,1,3,10,15H2,2,4-5H3/b11-7-,16-12+,19-9+. The van der Waals surface area contributed by atoms with Crippen LogP contribution >= 0.6 is 11.8 Å². The smallest absolute Gasteiger partial charge is 0.108 e. The summed E-state index contributed by atoms with van der Waals surface area (Å²) < 4.78 is 0. The van der Waals surface area contributed by atoms with Gasteiger partial charge in [-0.05, 0) is 33.3 Å². The molecule has 2 heteroatoms. The Hall–Kier alpha value is -1.80. The first kappa shape index (κ1) is 18.2. The average Bonchev–Trinajstić information content (AvgIpc) is 2.52. The van der Waals surface area contributed by atoms with Gasteiger partial charge in [0.05, 0.1) is 0 Å². The number of nitrogens with zero attached hydrogens (tertiary/aromatic N) is 1. The van der Waals surface area contributed by atoms with Crippen LogP contribution in [0.2, 0.25) is 0 Å². The minimum absolute atomic E-state index is 0.869. The number of pyridine rings is 1. The molecule has 0 fully saturated rings. The number of thioether (sulfide) groups is 1. The summed E-state index contributed by atoms with van der Waals surface area (Å²) in [5.41, 5.74) is 3.47. The molecule has 1 nitrogen and oxygen atoms in total. The second-order valence-electron chi connectivity index (χ2n) is 4.95. The quantitative estimate of drug-likeness (QED) is 0.315.